The fraction of sp³-hybridized carbons (Fsp3) is 0.222. The minimum Gasteiger partial charge on any atom is -0.484 e. The summed E-state index contributed by atoms with van der Waals surface area (Å²) >= 11 is 0. The van der Waals surface area contributed by atoms with Gasteiger partial charge in [-0.2, -0.15) is 4.39 Å². The maximum absolute atomic E-state index is 13.5. The van der Waals surface area contributed by atoms with Crippen LogP contribution in [0.3, 0.4) is 0 Å². The second-order valence-electron chi connectivity index (χ2n) is 5.93. The van der Waals surface area contributed by atoms with E-state index in [2.05, 4.69) is 10.6 Å². The van der Waals surface area contributed by atoms with Crippen molar-refractivity contribution in [1.82, 2.24) is 0 Å². The highest BCUT2D eigenvalue weighted by Gasteiger charge is 2.15. The Kier molecular flexibility index (Phi) is 6.42. The van der Waals surface area contributed by atoms with Gasteiger partial charge in [0, 0.05) is 29.4 Å². The summed E-state index contributed by atoms with van der Waals surface area (Å²) in [7, 11) is 0. The molecule has 0 saturated carbocycles. The number of hydrogen-bond donors (Lipinski definition) is 2. The molecule has 2 rings (SSSR count). The number of nitrogens with zero attached hydrogens (tertiary/aromatic N) is 1. The highest BCUT2D eigenvalue weighted by molar-refractivity contribution is 5.94. The molecule has 0 aliphatic carbocycles. The van der Waals surface area contributed by atoms with Crippen LogP contribution in [-0.4, -0.2) is 23.3 Å². The number of carbonyl (C=O) groups is 2. The Morgan fingerprint density at radius 3 is 2.22 bits per heavy atom. The van der Waals surface area contributed by atoms with Crippen molar-refractivity contribution in [2.24, 2.45) is 5.92 Å². The number of carbonyl (C=O) groups excluding carboxylic acids is 2. The SMILES string of the molecule is CC(C)C(=O)Nc1ccc(NC(=O)COc2ccc([N+](=O)[O-])c(F)c2)cc1. The second-order valence-corrected chi connectivity index (χ2v) is 5.93. The third kappa shape index (κ3) is 5.77. The molecule has 8 nitrogen and oxygen atoms in total. The quantitative estimate of drug-likeness (QED) is 0.569. The minimum absolute atomic E-state index is 0.00000392. The number of amides is 2. The first-order chi connectivity index (χ1) is 12.8. The van der Waals surface area contributed by atoms with Gasteiger partial charge in [0.25, 0.3) is 5.91 Å². The molecule has 2 aromatic carbocycles. The van der Waals surface area contributed by atoms with Gasteiger partial charge in [0.15, 0.2) is 6.61 Å². The van der Waals surface area contributed by atoms with E-state index in [4.69, 9.17) is 4.74 Å². The van der Waals surface area contributed by atoms with Crippen molar-refractivity contribution in [2.45, 2.75) is 13.8 Å². The van der Waals surface area contributed by atoms with Gasteiger partial charge in [0.2, 0.25) is 11.7 Å². The lowest BCUT2D eigenvalue weighted by atomic mass is 10.2. The molecule has 27 heavy (non-hydrogen) atoms. The van der Waals surface area contributed by atoms with Gasteiger partial charge in [0.1, 0.15) is 5.75 Å². The van der Waals surface area contributed by atoms with Gasteiger partial charge in [-0.15, -0.1) is 0 Å². The van der Waals surface area contributed by atoms with E-state index in [1.807, 2.05) is 0 Å². The maximum atomic E-state index is 13.5. The normalized spacial score (nSPS) is 10.4. The summed E-state index contributed by atoms with van der Waals surface area (Å²) in [5.74, 6) is -1.80. The van der Waals surface area contributed by atoms with Crippen LogP contribution >= 0.6 is 0 Å². The summed E-state index contributed by atoms with van der Waals surface area (Å²) in [4.78, 5) is 33.2. The molecule has 0 heterocycles. The number of nitro groups is 1. The molecule has 0 fully saturated rings. The molecular weight excluding hydrogens is 357 g/mol. The second kappa shape index (κ2) is 8.75. The van der Waals surface area contributed by atoms with Crippen molar-refractivity contribution in [3.05, 3.63) is 58.4 Å². The van der Waals surface area contributed by atoms with E-state index in [0.717, 1.165) is 12.1 Å². The zero-order valence-corrected chi connectivity index (χ0v) is 14.7. The Morgan fingerprint density at radius 1 is 1.11 bits per heavy atom. The number of hydrogen-bond acceptors (Lipinski definition) is 5. The average molecular weight is 375 g/mol. The first-order valence-electron chi connectivity index (χ1n) is 8.04. The van der Waals surface area contributed by atoms with Crippen LogP contribution in [0.25, 0.3) is 0 Å². The summed E-state index contributed by atoms with van der Waals surface area (Å²) in [5, 5.41) is 15.9. The number of ether oxygens (including phenoxy) is 1. The molecule has 0 saturated heterocycles. The van der Waals surface area contributed by atoms with Crippen LogP contribution in [0.4, 0.5) is 21.5 Å². The van der Waals surface area contributed by atoms with Crippen LogP contribution in [0.5, 0.6) is 5.75 Å². The Bertz CT molecular complexity index is 853. The monoisotopic (exact) mass is 375 g/mol. The predicted octanol–water partition coefficient (Wildman–Crippen LogP) is 3.35. The zero-order chi connectivity index (χ0) is 20.0. The summed E-state index contributed by atoms with van der Waals surface area (Å²) in [5.41, 5.74) is 0.418. The lowest BCUT2D eigenvalue weighted by molar-refractivity contribution is -0.387. The average Bonchev–Trinajstić information content (AvgIpc) is 2.61. The van der Waals surface area contributed by atoms with Crippen molar-refractivity contribution in [2.75, 3.05) is 17.2 Å². The first kappa shape index (κ1) is 19.8. The molecule has 0 atom stereocenters. The van der Waals surface area contributed by atoms with Crippen molar-refractivity contribution in [1.29, 1.82) is 0 Å². The van der Waals surface area contributed by atoms with Crippen LogP contribution in [-0.2, 0) is 9.59 Å². The summed E-state index contributed by atoms with van der Waals surface area (Å²) in [6.07, 6.45) is 0. The van der Waals surface area contributed by atoms with E-state index in [1.54, 1.807) is 38.1 Å². The molecule has 142 valence electrons. The van der Waals surface area contributed by atoms with Gasteiger partial charge in [0.05, 0.1) is 4.92 Å². The van der Waals surface area contributed by atoms with E-state index >= 15 is 0 Å². The third-order valence-electron chi connectivity index (χ3n) is 3.45. The fourth-order valence-corrected chi connectivity index (χ4v) is 1.99. The van der Waals surface area contributed by atoms with E-state index < -0.39 is 28.9 Å². The summed E-state index contributed by atoms with van der Waals surface area (Å²) in [6, 6.07) is 9.52. The van der Waals surface area contributed by atoms with Gasteiger partial charge in [-0.3, -0.25) is 19.7 Å². The lowest BCUT2D eigenvalue weighted by Gasteiger charge is -2.10. The van der Waals surface area contributed by atoms with Crippen molar-refractivity contribution < 1.29 is 23.6 Å². The van der Waals surface area contributed by atoms with Crippen LogP contribution in [0.2, 0.25) is 0 Å². The van der Waals surface area contributed by atoms with E-state index in [1.165, 1.54) is 6.07 Å². The van der Waals surface area contributed by atoms with Crippen molar-refractivity contribution in [3.8, 4) is 5.75 Å². The van der Waals surface area contributed by atoms with Gasteiger partial charge < -0.3 is 15.4 Å². The van der Waals surface area contributed by atoms with Crippen LogP contribution in [0.1, 0.15) is 13.8 Å². The number of halogens is 1. The maximum Gasteiger partial charge on any atom is 0.305 e. The molecule has 0 unspecified atom stereocenters. The van der Waals surface area contributed by atoms with E-state index in [0.29, 0.717) is 11.4 Å². The molecule has 2 N–H and O–H groups in total. The number of rotatable bonds is 7. The highest BCUT2D eigenvalue weighted by Crippen LogP contribution is 2.22. The molecule has 2 aromatic rings. The Balaban J connectivity index is 1.88. The molecule has 0 aromatic heterocycles. The first-order valence-corrected chi connectivity index (χ1v) is 8.04. The summed E-state index contributed by atoms with van der Waals surface area (Å²) < 4.78 is 18.6. The Morgan fingerprint density at radius 2 is 1.70 bits per heavy atom. The molecule has 2 amide bonds. The number of nitro benzene ring substituents is 1. The molecule has 0 radical (unpaired) electrons. The Hall–Kier alpha value is -3.49. The van der Waals surface area contributed by atoms with Gasteiger partial charge in [-0.05, 0) is 30.3 Å². The van der Waals surface area contributed by atoms with Gasteiger partial charge >= 0.3 is 5.69 Å². The van der Waals surface area contributed by atoms with Crippen LogP contribution < -0.4 is 15.4 Å². The van der Waals surface area contributed by atoms with E-state index in [-0.39, 0.29) is 17.6 Å². The van der Waals surface area contributed by atoms with Crippen molar-refractivity contribution in [3.63, 3.8) is 0 Å². The summed E-state index contributed by atoms with van der Waals surface area (Å²) in [6.45, 7) is 3.16. The molecule has 0 aliphatic rings. The molecule has 9 heteroatoms. The minimum atomic E-state index is -1.04. The van der Waals surface area contributed by atoms with Crippen LogP contribution in [0.15, 0.2) is 42.5 Å². The van der Waals surface area contributed by atoms with Gasteiger partial charge in [-0.25, -0.2) is 0 Å². The fourth-order valence-electron chi connectivity index (χ4n) is 1.99. The Labute approximate surface area is 154 Å². The smallest absolute Gasteiger partial charge is 0.305 e. The molecule has 0 spiro atoms. The zero-order valence-electron chi connectivity index (χ0n) is 14.7. The molecule has 0 aliphatic heterocycles. The third-order valence-corrected chi connectivity index (χ3v) is 3.45. The number of anilines is 2. The van der Waals surface area contributed by atoms with E-state index in [9.17, 15) is 24.1 Å². The topological polar surface area (TPSA) is 111 Å². The lowest BCUT2D eigenvalue weighted by Crippen LogP contribution is -2.20. The van der Waals surface area contributed by atoms with Crippen LogP contribution in [0, 0.1) is 21.8 Å². The number of benzene rings is 2. The van der Waals surface area contributed by atoms with Gasteiger partial charge in [-0.1, -0.05) is 13.8 Å². The standard InChI is InChI=1S/C18H18FN3O5/c1-11(2)18(24)21-13-5-3-12(4-6-13)20-17(23)10-27-14-7-8-16(22(25)26)15(19)9-14/h3-9,11H,10H2,1-2H3,(H,20,23)(H,21,24). The largest absolute Gasteiger partial charge is 0.484 e. The molecule has 0 bridgehead atoms. The number of nitrogens with one attached hydrogen (secondary N) is 2. The van der Waals surface area contributed by atoms with Crippen molar-refractivity contribution >= 4 is 28.9 Å². The predicted molar refractivity (Wildman–Crippen MR) is 97.1 cm³/mol. The highest BCUT2D eigenvalue weighted by atomic mass is 19.1. The molecular formula is C18H18FN3O5.